The number of carbonyl (C=O) groups is 2. The van der Waals surface area contributed by atoms with Crippen molar-refractivity contribution < 1.29 is 14.7 Å². The second-order valence-electron chi connectivity index (χ2n) is 6.01. The Morgan fingerprint density at radius 2 is 1.83 bits per heavy atom. The lowest BCUT2D eigenvalue weighted by Crippen LogP contribution is -2.38. The molecule has 2 N–H and O–H groups in total. The van der Waals surface area contributed by atoms with Gasteiger partial charge in [0, 0.05) is 16.7 Å². The maximum Gasteiger partial charge on any atom is 0.306 e. The van der Waals surface area contributed by atoms with E-state index in [2.05, 4.69) is 26.3 Å². The van der Waals surface area contributed by atoms with Crippen LogP contribution in [-0.4, -0.2) is 32.8 Å². The van der Waals surface area contributed by atoms with E-state index in [0.717, 1.165) is 10.2 Å². The minimum atomic E-state index is -0.740. The van der Waals surface area contributed by atoms with E-state index in [9.17, 15) is 9.59 Å². The number of carbonyl (C=O) groups excluding carboxylic acids is 1. The summed E-state index contributed by atoms with van der Waals surface area (Å²) in [6, 6.07) is 7.68. The van der Waals surface area contributed by atoms with Crippen LogP contribution in [-0.2, 0) is 4.79 Å². The van der Waals surface area contributed by atoms with E-state index in [1.165, 1.54) is 0 Å². The number of nitrogens with one attached hydrogen (secondary N) is 1. The van der Waals surface area contributed by atoms with Crippen LogP contribution in [0.15, 0.2) is 41.1 Å². The predicted molar refractivity (Wildman–Crippen MR) is 92.1 cm³/mol. The van der Waals surface area contributed by atoms with Gasteiger partial charge in [0.1, 0.15) is 0 Å². The molecule has 1 saturated carbocycles. The third-order valence-corrected chi connectivity index (χ3v) is 4.88. The number of rotatable bonds is 4. The molecule has 1 fully saturated rings. The summed E-state index contributed by atoms with van der Waals surface area (Å²) >= 11 is 3.38. The highest BCUT2D eigenvalue weighted by molar-refractivity contribution is 9.10. The number of carboxylic acids is 1. The molecule has 1 amide bonds. The highest BCUT2D eigenvalue weighted by Gasteiger charge is 2.27. The highest BCUT2D eigenvalue weighted by atomic mass is 79.9. The summed E-state index contributed by atoms with van der Waals surface area (Å²) < 4.78 is 2.64. The van der Waals surface area contributed by atoms with Crippen LogP contribution in [0.1, 0.15) is 36.0 Å². The summed E-state index contributed by atoms with van der Waals surface area (Å²) in [5.74, 6) is -1.19. The smallest absolute Gasteiger partial charge is 0.306 e. The van der Waals surface area contributed by atoms with Crippen LogP contribution in [0.2, 0.25) is 0 Å². The molecule has 1 aliphatic carbocycles. The van der Waals surface area contributed by atoms with Crippen LogP contribution >= 0.6 is 15.9 Å². The maximum absolute atomic E-state index is 12.3. The fraction of sp³-hybridized carbons (Fsp3) is 0.353. The Morgan fingerprint density at radius 3 is 2.46 bits per heavy atom. The molecule has 24 heavy (non-hydrogen) atoms. The Kier molecular flexibility index (Phi) is 4.99. The Labute approximate surface area is 148 Å². The lowest BCUT2D eigenvalue weighted by atomic mass is 9.86. The van der Waals surface area contributed by atoms with Crippen LogP contribution in [0, 0.1) is 5.92 Å². The quantitative estimate of drug-likeness (QED) is 0.838. The molecule has 1 heterocycles. The first-order chi connectivity index (χ1) is 11.5. The fourth-order valence-electron chi connectivity index (χ4n) is 2.93. The van der Waals surface area contributed by atoms with Crippen molar-refractivity contribution in [3.05, 3.63) is 46.7 Å². The number of aromatic nitrogens is 2. The van der Waals surface area contributed by atoms with Crippen molar-refractivity contribution in [3.8, 4) is 5.69 Å². The zero-order valence-electron chi connectivity index (χ0n) is 13.0. The summed E-state index contributed by atoms with van der Waals surface area (Å²) in [5.41, 5.74) is 1.37. The molecule has 0 bridgehead atoms. The number of amides is 1. The van der Waals surface area contributed by atoms with Crippen molar-refractivity contribution in [1.29, 1.82) is 0 Å². The molecule has 0 radical (unpaired) electrons. The van der Waals surface area contributed by atoms with Gasteiger partial charge in [-0.25, -0.2) is 4.68 Å². The highest BCUT2D eigenvalue weighted by Crippen LogP contribution is 2.24. The molecule has 0 spiro atoms. The molecule has 0 unspecified atom stereocenters. The number of benzene rings is 1. The Morgan fingerprint density at radius 1 is 1.17 bits per heavy atom. The molecule has 1 aromatic carbocycles. The van der Waals surface area contributed by atoms with Crippen molar-refractivity contribution in [2.45, 2.75) is 31.7 Å². The van der Waals surface area contributed by atoms with Crippen LogP contribution in [0.3, 0.4) is 0 Å². The van der Waals surface area contributed by atoms with Gasteiger partial charge in [-0.1, -0.05) is 15.9 Å². The molecule has 126 valence electrons. The third-order valence-electron chi connectivity index (χ3n) is 4.35. The molecular weight excluding hydrogens is 374 g/mol. The second kappa shape index (κ2) is 7.17. The SMILES string of the molecule is O=C(NC1CCC(C(=O)O)CC1)c1cnn(-c2ccc(Br)cc2)c1. The van der Waals surface area contributed by atoms with Gasteiger partial charge in [0.25, 0.3) is 5.91 Å². The number of hydrogen-bond donors (Lipinski definition) is 2. The molecule has 7 heteroatoms. The van der Waals surface area contributed by atoms with Crippen molar-refractivity contribution in [1.82, 2.24) is 15.1 Å². The summed E-state index contributed by atoms with van der Waals surface area (Å²) in [7, 11) is 0. The van der Waals surface area contributed by atoms with Crippen LogP contribution in [0.25, 0.3) is 5.69 Å². The molecule has 0 atom stereocenters. The molecule has 6 nitrogen and oxygen atoms in total. The standard InChI is InChI=1S/C17H18BrN3O3/c18-13-3-7-15(8-4-13)21-10-12(9-19-21)16(22)20-14-5-1-11(2-6-14)17(23)24/h3-4,7-11,14H,1-2,5-6H2,(H,20,22)(H,23,24). The van der Waals surface area contributed by atoms with E-state index in [1.54, 1.807) is 17.1 Å². The lowest BCUT2D eigenvalue weighted by molar-refractivity contribution is -0.142. The fourth-order valence-corrected chi connectivity index (χ4v) is 3.19. The van der Waals surface area contributed by atoms with E-state index in [4.69, 9.17) is 5.11 Å². The van der Waals surface area contributed by atoms with Gasteiger partial charge in [0.2, 0.25) is 0 Å². The molecule has 0 aliphatic heterocycles. The zero-order valence-corrected chi connectivity index (χ0v) is 14.6. The number of carboxylic acid groups (broad SMARTS) is 1. The van der Waals surface area contributed by atoms with Gasteiger partial charge in [0.05, 0.1) is 23.4 Å². The minimum Gasteiger partial charge on any atom is -0.481 e. The Bertz CT molecular complexity index is 734. The summed E-state index contributed by atoms with van der Waals surface area (Å²) in [5, 5.41) is 16.2. The van der Waals surface area contributed by atoms with Crippen molar-refractivity contribution in [3.63, 3.8) is 0 Å². The monoisotopic (exact) mass is 391 g/mol. The van der Waals surface area contributed by atoms with Gasteiger partial charge in [-0.15, -0.1) is 0 Å². The molecule has 3 rings (SSSR count). The van der Waals surface area contributed by atoms with E-state index in [-0.39, 0.29) is 17.9 Å². The van der Waals surface area contributed by atoms with Gasteiger partial charge in [0.15, 0.2) is 0 Å². The topological polar surface area (TPSA) is 84.2 Å². The Hall–Kier alpha value is -2.15. The first kappa shape index (κ1) is 16.7. The molecule has 0 saturated heterocycles. The summed E-state index contributed by atoms with van der Waals surface area (Å²) in [6.07, 6.45) is 5.85. The van der Waals surface area contributed by atoms with Crippen LogP contribution in [0.5, 0.6) is 0 Å². The molecule has 2 aromatic rings. The molecule has 1 aromatic heterocycles. The number of nitrogens with zero attached hydrogens (tertiary/aromatic N) is 2. The first-order valence-electron chi connectivity index (χ1n) is 7.87. The lowest BCUT2D eigenvalue weighted by Gasteiger charge is -2.26. The normalized spacial score (nSPS) is 20.5. The summed E-state index contributed by atoms with van der Waals surface area (Å²) in [4.78, 5) is 23.3. The van der Waals surface area contributed by atoms with E-state index in [1.807, 2.05) is 24.3 Å². The Balaban J connectivity index is 1.60. The first-order valence-corrected chi connectivity index (χ1v) is 8.66. The second-order valence-corrected chi connectivity index (χ2v) is 6.93. The van der Waals surface area contributed by atoms with Gasteiger partial charge < -0.3 is 10.4 Å². The molecule has 1 aliphatic rings. The predicted octanol–water partition coefficient (Wildman–Crippen LogP) is 3.01. The third kappa shape index (κ3) is 3.84. The van der Waals surface area contributed by atoms with Gasteiger partial charge in [-0.05, 0) is 49.9 Å². The van der Waals surface area contributed by atoms with Gasteiger partial charge in [-0.3, -0.25) is 9.59 Å². The van der Waals surface area contributed by atoms with Crippen LogP contribution < -0.4 is 5.32 Å². The number of hydrogen-bond acceptors (Lipinski definition) is 3. The number of halogens is 1. The van der Waals surface area contributed by atoms with Crippen molar-refractivity contribution in [2.75, 3.05) is 0 Å². The van der Waals surface area contributed by atoms with E-state index >= 15 is 0 Å². The van der Waals surface area contributed by atoms with E-state index < -0.39 is 5.97 Å². The van der Waals surface area contributed by atoms with Crippen molar-refractivity contribution in [2.24, 2.45) is 5.92 Å². The molecular formula is C17H18BrN3O3. The average Bonchev–Trinajstić information content (AvgIpc) is 3.06. The minimum absolute atomic E-state index is 0.0316. The van der Waals surface area contributed by atoms with Gasteiger partial charge >= 0.3 is 5.97 Å². The maximum atomic E-state index is 12.3. The summed E-state index contributed by atoms with van der Waals surface area (Å²) in [6.45, 7) is 0. The zero-order chi connectivity index (χ0) is 17.1. The van der Waals surface area contributed by atoms with Crippen LogP contribution in [0.4, 0.5) is 0 Å². The van der Waals surface area contributed by atoms with Gasteiger partial charge in [-0.2, -0.15) is 5.10 Å². The number of aliphatic carboxylic acids is 1. The van der Waals surface area contributed by atoms with Crippen molar-refractivity contribution >= 4 is 27.8 Å². The average molecular weight is 392 g/mol. The largest absolute Gasteiger partial charge is 0.481 e. The van der Waals surface area contributed by atoms with E-state index in [0.29, 0.717) is 31.2 Å².